The Kier molecular flexibility index (Phi) is 12.2. The molecule has 1 saturated carbocycles. The van der Waals surface area contributed by atoms with Crippen LogP contribution in [0.2, 0.25) is 0 Å². The Morgan fingerprint density at radius 1 is 1.14 bits per heavy atom. The van der Waals surface area contributed by atoms with Crippen LogP contribution in [0.1, 0.15) is 60.9 Å². The van der Waals surface area contributed by atoms with E-state index in [2.05, 4.69) is 21.7 Å². The maximum Gasteiger partial charge on any atom is 0.253 e. The van der Waals surface area contributed by atoms with E-state index in [1.165, 1.54) is 44.9 Å². The molecule has 0 spiro atoms. The lowest BCUT2D eigenvalue weighted by molar-refractivity contribution is 0.0827. The molecular formula is C22H37IN4O. The third-order valence-electron chi connectivity index (χ3n) is 5.32. The van der Waals surface area contributed by atoms with Crippen molar-refractivity contribution in [3.05, 3.63) is 35.4 Å². The van der Waals surface area contributed by atoms with Gasteiger partial charge in [-0.2, -0.15) is 0 Å². The van der Waals surface area contributed by atoms with Crippen LogP contribution in [0, 0.1) is 5.92 Å². The number of hydrogen-bond donors (Lipinski definition) is 2. The molecule has 0 heterocycles. The second kappa shape index (κ2) is 13.8. The summed E-state index contributed by atoms with van der Waals surface area (Å²) in [4.78, 5) is 18.0. The van der Waals surface area contributed by atoms with Gasteiger partial charge in [0.2, 0.25) is 0 Å². The van der Waals surface area contributed by atoms with E-state index in [4.69, 9.17) is 0 Å². The van der Waals surface area contributed by atoms with Crippen LogP contribution in [-0.2, 0) is 6.42 Å². The average molecular weight is 500 g/mol. The highest BCUT2D eigenvalue weighted by molar-refractivity contribution is 14.0. The van der Waals surface area contributed by atoms with Crippen molar-refractivity contribution in [2.24, 2.45) is 10.9 Å². The van der Waals surface area contributed by atoms with Crippen molar-refractivity contribution in [3.63, 3.8) is 0 Å². The highest BCUT2D eigenvalue weighted by atomic mass is 127. The summed E-state index contributed by atoms with van der Waals surface area (Å²) in [5.41, 5.74) is 1.89. The van der Waals surface area contributed by atoms with Gasteiger partial charge in [0.25, 0.3) is 5.91 Å². The number of rotatable bonds is 9. The summed E-state index contributed by atoms with van der Waals surface area (Å²) >= 11 is 0. The minimum Gasteiger partial charge on any atom is -0.356 e. The van der Waals surface area contributed by atoms with Gasteiger partial charge in [-0.3, -0.25) is 9.79 Å². The number of nitrogens with zero attached hydrogens (tertiary/aromatic N) is 2. The Balaban J connectivity index is 0.00000392. The molecular weight excluding hydrogens is 463 g/mol. The molecule has 0 saturated heterocycles. The molecule has 158 valence electrons. The third kappa shape index (κ3) is 8.80. The van der Waals surface area contributed by atoms with Gasteiger partial charge in [0.1, 0.15) is 0 Å². The van der Waals surface area contributed by atoms with Crippen LogP contribution in [0.3, 0.4) is 0 Å². The van der Waals surface area contributed by atoms with Crippen LogP contribution in [0.25, 0.3) is 0 Å². The van der Waals surface area contributed by atoms with Crippen LogP contribution in [0.5, 0.6) is 0 Å². The fourth-order valence-corrected chi connectivity index (χ4v) is 3.73. The molecule has 2 N–H and O–H groups in total. The lowest BCUT2D eigenvalue weighted by atomic mass is 10.0. The van der Waals surface area contributed by atoms with E-state index in [1.807, 2.05) is 25.2 Å². The molecule has 1 aromatic rings. The maximum atomic E-state index is 12.1. The Morgan fingerprint density at radius 2 is 1.86 bits per heavy atom. The molecule has 28 heavy (non-hydrogen) atoms. The summed E-state index contributed by atoms with van der Waals surface area (Å²) in [6, 6.07) is 7.85. The topological polar surface area (TPSA) is 56.7 Å². The number of halogens is 1. The predicted molar refractivity (Wildman–Crippen MR) is 129 cm³/mol. The molecule has 0 aliphatic heterocycles. The third-order valence-corrected chi connectivity index (χ3v) is 5.32. The molecule has 0 atom stereocenters. The van der Waals surface area contributed by atoms with Crippen LogP contribution >= 0.6 is 24.0 Å². The summed E-state index contributed by atoms with van der Waals surface area (Å²) in [5, 5.41) is 6.77. The number of amides is 1. The molecule has 1 aromatic carbocycles. The fourth-order valence-electron chi connectivity index (χ4n) is 3.73. The van der Waals surface area contributed by atoms with E-state index in [9.17, 15) is 4.79 Å². The van der Waals surface area contributed by atoms with Gasteiger partial charge in [-0.1, -0.05) is 50.7 Å². The Labute approximate surface area is 187 Å². The van der Waals surface area contributed by atoms with E-state index >= 15 is 0 Å². The smallest absolute Gasteiger partial charge is 0.253 e. The van der Waals surface area contributed by atoms with Gasteiger partial charge in [-0.15, -0.1) is 24.0 Å². The molecule has 5 nitrogen and oxygen atoms in total. The van der Waals surface area contributed by atoms with Crippen LogP contribution in [0.4, 0.5) is 0 Å². The number of guanidine groups is 1. The average Bonchev–Trinajstić information content (AvgIpc) is 3.19. The molecule has 6 heteroatoms. The van der Waals surface area contributed by atoms with Crippen molar-refractivity contribution < 1.29 is 4.79 Å². The quantitative estimate of drug-likeness (QED) is 0.233. The summed E-state index contributed by atoms with van der Waals surface area (Å²) in [6.45, 7) is 1.76. The van der Waals surface area contributed by atoms with Gasteiger partial charge >= 0.3 is 0 Å². The summed E-state index contributed by atoms with van der Waals surface area (Å²) < 4.78 is 0. The largest absolute Gasteiger partial charge is 0.356 e. The molecule has 1 amide bonds. The monoisotopic (exact) mass is 500 g/mol. The molecule has 1 fully saturated rings. The van der Waals surface area contributed by atoms with Gasteiger partial charge in [-0.05, 0) is 36.5 Å². The van der Waals surface area contributed by atoms with Crippen LogP contribution in [0.15, 0.2) is 29.3 Å². The molecule has 0 aromatic heterocycles. The second-order valence-electron chi connectivity index (χ2n) is 7.72. The molecule has 2 rings (SSSR count). The van der Waals surface area contributed by atoms with Gasteiger partial charge in [-0.25, -0.2) is 0 Å². The van der Waals surface area contributed by atoms with Gasteiger partial charge < -0.3 is 15.5 Å². The van der Waals surface area contributed by atoms with Gasteiger partial charge in [0.15, 0.2) is 5.96 Å². The van der Waals surface area contributed by atoms with E-state index in [0.29, 0.717) is 0 Å². The molecule has 1 aliphatic rings. The molecule has 1 aliphatic carbocycles. The van der Waals surface area contributed by atoms with Crippen molar-refractivity contribution in [1.29, 1.82) is 0 Å². The Bertz CT molecular complexity index is 612. The maximum absolute atomic E-state index is 12.1. The lowest BCUT2D eigenvalue weighted by Crippen LogP contribution is -2.38. The zero-order valence-electron chi connectivity index (χ0n) is 17.7. The van der Waals surface area contributed by atoms with Gasteiger partial charge in [0.05, 0.1) is 0 Å². The van der Waals surface area contributed by atoms with Gasteiger partial charge in [0, 0.05) is 39.8 Å². The highest BCUT2D eigenvalue weighted by Crippen LogP contribution is 2.28. The predicted octanol–water partition coefficient (Wildman–Crippen LogP) is 4.07. The van der Waals surface area contributed by atoms with E-state index in [-0.39, 0.29) is 29.9 Å². The number of carbonyl (C=O) groups is 1. The minimum atomic E-state index is 0. The van der Waals surface area contributed by atoms with Crippen LogP contribution in [-0.4, -0.2) is 51.0 Å². The fraction of sp³-hybridized carbons (Fsp3) is 0.636. The zero-order valence-corrected chi connectivity index (χ0v) is 20.0. The van der Waals surface area contributed by atoms with Crippen molar-refractivity contribution >= 4 is 35.8 Å². The number of carbonyl (C=O) groups excluding carboxylic acids is 1. The number of benzene rings is 1. The van der Waals surface area contributed by atoms with Crippen molar-refractivity contribution in [1.82, 2.24) is 15.5 Å². The summed E-state index contributed by atoms with van der Waals surface area (Å²) in [5.74, 6) is 1.88. The number of nitrogens with one attached hydrogen (secondary N) is 2. The van der Waals surface area contributed by atoms with E-state index in [1.54, 1.807) is 19.0 Å². The molecule has 0 radical (unpaired) electrons. The summed E-state index contributed by atoms with van der Waals surface area (Å²) in [6.07, 6.45) is 10.5. The highest BCUT2D eigenvalue weighted by Gasteiger charge is 2.13. The SMILES string of the molecule is CN=C(NCCCCC1CCCC1)NCCc1cccc(C(=O)N(C)C)c1.I. The number of aliphatic imine (C=N–C) groups is 1. The summed E-state index contributed by atoms with van der Waals surface area (Å²) in [7, 11) is 5.37. The van der Waals surface area contributed by atoms with Crippen LogP contribution < -0.4 is 10.6 Å². The van der Waals surface area contributed by atoms with Crippen molar-refractivity contribution in [2.45, 2.75) is 51.4 Å². The van der Waals surface area contributed by atoms with Crippen molar-refractivity contribution in [2.75, 3.05) is 34.2 Å². The Morgan fingerprint density at radius 3 is 2.54 bits per heavy atom. The first-order chi connectivity index (χ1) is 13.1. The van der Waals surface area contributed by atoms with Crippen molar-refractivity contribution in [3.8, 4) is 0 Å². The lowest BCUT2D eigenvalue weighted by Gasteiger charge is -2.13. The molecule has 0 bridgehead atoms. The standard InChI is InChI=1S/C22H36N4O.HI/c1-23-22(24-15-7-6-11-18-9-4-5-10-18)25-16-14-19-12-8-13-20(17-19)21(27)26(2)3;/h8,12-13,17-18H,4-7,9-11,14-16H2,1-3H3,(H2,23,24,25);1H. The van der Waals surface area contributed by atoms with E-state index < -0.39 is 0 Å². The molecule has 0 unspecified atom stereocenters. The van der Waals surface area contributed by atoms with E-state index in [0.717, 1.165) is 42.5 Å². The zero-order chi connectivity index (χ0) is 19.5. The first kappa shape index (κ1) is 24.7. The number of unbranched alkanes of at least 4 members (excludes halogenated alkanes) is 1. The normalized spacial score (nSPS) is 14.5. The number of hydrogen-bond acceptors (Lipinski definition) is 2. The Hall–Kier alpha value is -1.31. The second-order valence-corrected chi connectivity index (χ2v) is 7.72. The first-order valence-corrected chi connectivity index (χ1v) is 10.3. The first-order valence-electron chi connectivity index (χ1n) is 10.3. The minimum absolute atomic E-state index is 0.